The molecule has 0 aliphatic carbocycles. The number of halogens is 1. The number of hydrogen-bond donors (Lipinski definition) is 1. The number of carbonyl (C=O) groups excluding carboxylic acids is 2. The quantitative estimate of drug-likeness (QED) is 0.224. The zero-order chi connectivity index (χ0) is 24.2. The van der Waals surface area contributed by atoms with Crippen LogP contribution in [0.15, 0.2) is 53.9 Å². The van der Waals surface area contributed by atoms with Gasteiger partial charge in [-0.05, 0) is 62.7 Å². The molecule has 0 aliphatic heterocycles. The number of thioether (sulfide) groups is 1. The second kappa shape index (κ2) is 10.0. The number of nitrogens with zero attached hydrogens (tertiary/aromatic N) is 4. The molecule has 0 saturated carbocycles. The molecule has 10 heteroatoms. The number of hydrogen-bond acceptors (Lipinski definition) is 7. The minimum absolute atomic E-state index is 0.0543. The molecule has 0 spiro atoms. The van der Waals surface area contributed by atoms with Gasteiger partial charge < -0.3 is 9.72 Å². The molecular formula is C24H22FN5O3S. The van der Waals surface area contributed by atoms with E-state index in [-0.39, 0.29) is 24.0 Å². The van der Waals surface area contributed by atoms with E-state index in [2.05, 4.69) is 20.2 Å². The fourth-order valence-corrected chi connectivity index (χ4v) is 4.44. The van der Waals surface area contributed by atoms with Gasteiger partial charge in [0.05, 0.1) is 23.6 Å². The molecular weight excluding hydrogens is 457 g/mol. The highest BCUT2D eigenvalue weighted by molar-refractivity contribution is 7.99. The summed E-state index contributed by atoms with van der Waals surface area (Å²) in [5.74, 6) is -0.417. The van der Waals surface area contributed by atoms with E-state index in [0.717, 1.165) is 5.56 Å². The van der Waals surface area contributed by atoms with Gasteiger partial charge in [-0.25, -0.2) is 9.18 Å². The van der Waals surface area contributed by atoms with Crippen molar-refractivity contribution < 1.29 is 18.7 Å². The summed E-state index contributed by atoms with van der Waals surface area (Å²) in [6, 6.07) is 9.55. The summed E-state index contributed by atoms with van der Waals surface area (Å²) >= 11 is 1.20. The first-order chi connectivity index (χ1) is 16.4. The maximum Gasteiger partial charge on any atom is 0.340 e. The van der Waals surface area contributed by atoms with E-state index in [1.54, 1.807) is 62.0 Å². The smallest absolute Gasteiger partial charge is 0.340 e. The Hall–Kier alpha value is -3.79. The van der Waals surface area contributed by atoms with E-state index < -0.39 is 5.97 Å². The number of pyridine rings is 1. The van der Waals surface area contributed by atoms with Gasteiger partial charge in [0.2, 0.25) is 0 Å². The third kappa shape index (κ3) is 4.62. The van der Waals surface area contributed by atoms with Crippen LogP contribution in [0, 0.1) is 19.7 Å². The number of ketones is 1. The van der Waals surface area contributed by atoms with Crippen LogP contribution in [0.1, 0.15) is 39.0 Å². The second-order valence-electron chi connectivity index (χ2n) is 7.41. The third-order valence-corrected chi connectivity index (χ3v) is 6.11. The average Bonchev–Trinajstić information content (AvgIpc) is 3.39. The van der Waals surface area contributed by atoms with Crippen molar-refractivity contribution in [3.8, 4) is 17.1 Å². The fraction of sp³-hybridized carbons (Fsp3) is 0.208. The number of H-pyrrole nitrogens is 1. The molecule has 4 aromatic rings. The Bertz CT molecular complexity index is 1330. The lowest BCUT2D eigenvalue weighted by Crippen LogP contribution is -2.09. The lowest BCUT2D eigenvalue weighted by Gasteiger charge is -2.10. The average molecular weight is 480 g/mol. The lowest BCUT2D eigenvalue weighted by atomic mass is 10.1. The van der Waals surface area contributed by atoms with Crippen molar-refractivity contribution in [2.75, 3.05) is 12.4 Å². The van der Waals surface area contributed by atoms with Gasteiger partial charge in [-0.2, -0.15) is 0 Å². The predicted molar refractivity (Wildman–Crippen MR) is 126 cm³/mol. The first-order valence-corrected chi connectivity index (χ1v) is 11.5. The number of rotatable bonds is 8. The van der Waals surface area contributed by atoms with Gasteiger partial charge in [0.15, 0.2) is 16.8 Å². The first kappa shape index (κ1) is 23.4. The van der Waals surface area contributed by atoms with Crippen LogP contribution in [-0.2, 0) is 4.74 Å². The predicted octanol–water partition coefficient (Wildman–Crippen LogP) is 4.57. The SMILES string of the molecule is CCOC(=O)c1c(C)[nH]c(C(=O)CSc2nnc(-c3ccncc3)n2-c2ccc(F)cc2)c1C. The Labute approximate surface area is 199 Å². The molecule has 0 saturated heterocycles. The van der Waals surface area contributed by atoms with Crippen molar-refractivity contribution in [2.24, 2.45) is 0 Å². The molecule has 0 unspecified atom stereocenters. The van der Waals surface area contributed by atoms with Gasteiger partial charge in [-0.1, -0.05) is 11.8 Å². The number of ether oxygens (including phenoxy) is 1. The Balaban J connectivity index is 1.63. The summed E-state index contributed by atoms with van der Waals surface area (Å²) in [5, 5.41) is 9.06. The lowest BCUT2D eigenvalue weighted by molar-refractivity contribution is 0.0525. The summed E-state index contributed by atoms with van der Waals surface area (Å²) in [7, 11) is 0. The van der Waals surface area contributed by atoms with Gasteiger partial charge in [0, 0.05) is 29.3 Å². The molecule has 0 aliphatic rings. The van der Waals surface area contributed by atoms with Crippen molar-refractivity contribution >= 4 is 23.5 Å². The summed E-state index contributed by atoms with van der Waals surface area (Å²) in [5.41, 5.74) is 3.31. The molecule has 0 radical (unpaired) electrons. The third-order valence-electron chi connectivity index (χ3n) is 5.18. The standard InChI is InChI=1S/C24H22FN5O3S/c1-4-33-23(32)20-14(2)21(27-15(20)3)19(31)13-34-24-29-28-22(16-9-11-26-12-10-16)30(24)18-7-5-17(25)6-8-18/h5-12,27H,4,13H2,1-3H3. The van der Waals surface area contributed by atoms with Gasteiger partial charge in [-0.15, -0.1) is 10.2 Å². The van der Waals surface area contributed by atoms with E-state index in [4.69, 9.17) is 4.74 Å². The number of esters is 1. The van der Waals surface area contributed by atoms with Crippen LogP contribution >= 0.6 is 11.8 Å². The zero-order valence-electron chi connectivity index (χ0n) is 18.8. The maximum atomic E-state index is 13.5. The minimum atomic E-state index is -0.460. The summed E-state index contributed by atoms with van der Waals surface area (Å²) in [6.45, 7) is 5.43. The van der Waals surface area contributed by atoms with Gasteiger partial charge in [-0.3, -0.25) is 14.3 Å². The highest BCUT2D eigenvalue weighted by atomic mass is 32.2. The molecule has 0 atom stereocenters. The van der Waals surface area contributed by atoms with Crippen LogP contribution in [0.25, 0.3) is 17.1 Å². The molecule has 8 nitrogen and oxygen atoms in total. The maximum absolute atomic E-state index is 13.5. The summed E-state index contributed by atoms with van der Waals surface area (Å²) < 4.78 is 20.4. The summed E-state index contributed by atoms with van der Waals surface area (Å²) in [6.07, 6.45) is 3.29. The van der Waals surface area contributed by atoms with Crippen LogP contribution in [0.4, 0.5) is 4.39 Å². The molecule has 34 heavy (non-hydrogen) atoms. The van der Waals surface area contributed by atoms with Crippen LogP contribution < -0.4 is 0 Å². The molecule has 174 valence electrons. The van der Waals surface area contributed by atoms with Crippen molar-refractivity contribution in [1.82, 2.24) is 24.7 Å². The van der Waals surface area contributed by atoms with E-state index in [0.29, 0.717) is 39.2 Å². The first-order valence-electron chi connectivity index (χ1n) is 10.5. The topological polar surface area (TPSA) is 103 Å². The Morgan fingerprint density at radius 2 is 1.79 bits per heavy atom. The van der Waals surface area contributed by atoms with Crippen molar-refractivity contribution in [1.29, 1.82) is 0 Å². The number of aromatic amines is 1. The normalized spacial score (nSPS) is 10.9. The van der Waals surface area contributed by atoms with E-state index in [9.17, 15) is 14.0 Å². The molecule has 1 aromatic carbocycles. The molecule has 3 aromatic heterocycles. The van der Waals surface area contributed by atoms with E-state index >= 15 is 0 Å². The molecule has 3 heterocycles. The fourth-order valence-electron chi connectivity index (χ4n) is 3.61. The van der Waals surface area contributed by atoms with Gasteiger partial charge in [0.25, 0.3) is 0 Å². The molecule has 1 N–H and O–H groups in total. The Morgan fingerprint density at radius 1 is 1.09 bits per heavy atom. The van der Waals surface area contributed by atoms with Crippen LogP contribution in [0.5, 0.6) is 0 Å². The van der Waals surface area contributed by atoms with E-state index in [1.807, 2.05) is 0 Å². The zero-order valence-corrected chi connectivity index (χ0v) is 19.6. The Kier molecular flexibility index (Phi) is 6.87. The number of nitrogens with one attached hydrogen (secondary N) is 1. The van der Waals surface area contributed by atoms with Gasteiger partial charge >= 0.3 is 5.97 Å². The molecule has 0 bridgehead atoms. The van der Waals surface area contributed by atoms with E-state index in [1.165, 1.54) is 23.9 Å². The number of Topliss-reactive ketones (excluding diaryl/α,β-unsaturated/α-hetero) is 1. The second-order valence-corrected chi connectivity index (χ2v) is 8.35. The monoisotopic (exact) mass is 479 g/mol. The number of aryl methyl sites for hydroxylation is 1. The van der Waals surface area contributed by atoms with Crippen LogP contribution in [0.3, 0.4) is 0 Å². The van der Waals surface area contributed by atoms with Crippen molar-refractivity contribution in [2.45, 2.75) is 25.9 Å². The van der Waals surface area contributed by atoms with Crippen molar-refractivity contribution in [3.05, 3.63) is 77.1 Å². The van der Waals surface area contributed by atoms with Gasteiger partial charge in [0.1, 0.15) is 5.82 Å². The van der Waals surface area contributed by atoms with Crippen molar-refractivity contribution in [3.63, 3.8) is 0 Å². The summed E-state index contributed by atoms with van der Waals surface area (Å²) in [4.78, 5) is 32.3. The number of benzene rings is 1. The number of aromatic nitrogens is 5. The highest BCUT2D eigenvalue weighted by Crippen LogP contribution is 2.29. The largest absolute Gasteiger partial charge is 0.462 e. The van der Waals surface area contributed by atoms with Crippen LogP contribution in [-0.4, -0.2) is 48.8 Å². The number of carbonyl (C=O) groups is 2. The molecule has 0 amide bonds. The highest BCUT2D eigenvalue weighted by Gasteiger charge is 2.24. The Morgan fingerprint density at radius 3 is 2.47 bits per heavy atom. The van der Waals surface area contributed by atoms with Crippen LogP contribution in [0.2, 0.25) is 0 Å². The minimum Gasteiger partial charge on any atom is -0.462 e. The molecule has 4 rings (SSSR count). The molecule has 0 fully saturated rings.